The summed E-state index contributed by atoms with van der Waals surface area (Å²) >= 11 is 0. The van der Waals surface area contributed by atoms with Crippen LogP contribution in [0.2, 0.25) is 0 Å². The Morgan fingerprint density at radius 2 is 2.15 bits per heavy atom. The lowest BCUT2D eigenvalue weighted by Crippen LogP contribution is -2.25. The molecule has 1 heterocycles. The van der Waals surface area contributed by atoms with E-state index in [2.05, 4.69) is 9.79 Å². The first-order chi connectivity index (χ1) is 6.29. The van der Waals surface area contributed by atoms with Gasteiger partial charge in [-0.2, -0.15) is 0 Å². The van der Waals surface area contributed by atoms with E-state index in [1.165, 1.54) is 6.20 Å². The molecule has 0 atom stereocenters. The lowest BCUT2D eigenvalue weighted by Gasteiger charge is -1.99. The van der Waals surface area contributed by atoms with Crippen LogP contribution in [-0.4, -0.2) is 5.16 Å². The second-order valence-corrected chi connectivity index (χ2v) is 2.77. The average molecular weight is 176 g/mol. The third-order valence-electron chi connectivity index (χ3n) is 1.91. The Bertz CT molecular complexity index is 423. The van der Waals surface area contributed by atoms with Gasteiger partial charge in [0.15, 0.2) is 0 Å². The van der Waals surface area contributed by atoms with E-state index in [1.54, 1.807) is 0 Å². The summed E-state index contributed by atoms with van der Waals surface area (Å²) < 4.78 is 4.39. The summed E-state index contributed by atoms with van der Waals surface area (Å²) in [4.78, 5) is 0.405. The second kappa shape index (κ2) is 2.90. The summed E-state index contributed by atoms with van der Waals surface area (Å²) in [7, 11) is 0. The maximum Gasteiger partial charge on any atom is 0.225 e. The van der Waals surface area contributed by atoms with Gasteiger partial charge in [-0.1, -0.05) is 24.3 Å². The summed E-state index contributed by atoms with van der Waals surface area (Å²) in [5, 5.41) is 14.5. The molecule has 4 heteroatoms. The van der Waals surface area contributed by atoms with Crippen molar-refractivity contribution < 1.29 is 9.53 Å². The van der Waals surface area contributed by atoms with Gasteiger partial charge in [0, 0.05) is 10.7 Å². The molecular formula is C9H8N2O2. The first-order valence-corrected chi connectivity index (χ1v) is 3.90. The van der Waals surface area contributed by atoms with Crippen LogP contribution in [-0.2, 0) is 0 Å². The van der Waals surface area contributed by atoms with Gasteiger partial charge in [0.2, 0.25) is 11.9 Å². The molecule has 2 rings (SSSR count). The monoisotopic (exact) mass is 176 g/mol. The molecule has 1 aromatic heterocycles. The molecule has 0 aliphatic carbocycles. The van der Waals surface area contributed by atoms with Crippen molar-refractivity contribution in [3.63, 3.8) is 0 Å². The van der Waals surface area contributed by atoms with E-state index in [0.717, 1.165) is 11.1 Å². The summed E-state index contributed by atoms with van der Waals surface area (Å²) in [5.41, 5.74) is 2.31. The maximum atomic E-state index is 11.1. The van der Waals surface area contributed by atoms with Crippen LogP contribution >= 0.6 is 0 Å². The number of rotatable bonds is 1. The Hall–Kier alpha value is -1.84. The molecule has 0 aliphatic rings. The molecule has 0 saturated heterocycles. The quantitative estimate of drug-likeness (QED) is 0.615. The first kappa shape index (κ1) is 7.79. The second-order valence-electron chi connectivity index (χ2n) is 2.77. The SMILES string of the molecule is Cc1ccccc1-c1cno[n+]1[O-]. The molecule has 66 valence electrons. The number of hydrogen-bond donors (Lipinski definition) is 0. The van der Waals surface area contributed by atoms with Gasteiger partial charge >= 0.3 is 0 Å². The van der Waals surface area contributed by atoms with Crippen molar-refractivity contribution in [2.24, 2.45) is 0 Å². The molecule has 4 nitrogen and oxygen atoms in total. The highest BCUT2D eigenvalue weighted by molar-refractivity contribution is 5.59. The smallest absolute Gasteiger partial charge is 0.225 e. The topological polar surface area (TPSA) is 53.0 Å². The number of hydrogen-bond acceptors (Lipinski definition) is 3. The molecule has 13 heavy (non-hydrogen) atoms. The van der Waals surface area contributed by atoms with Gasteiger partial charge in [-0.3, -0.25) is 4.63 Å². The predicted octanol–water partition coefficient (Wildman–Crippen LogP) is 1.28. The fourth-order valence-electron chi connectivity index (χ4n) is 1.24. The zero-order chi connectivity index (χ0) is 9.26. The molecule has 0 fully saturated rings. The number of aryl methyl sites for hydroxylation is 1. The number of nitrogens with zero attached hydrogens (tertiary/aromatic N) is 2. The molecule has 0 spiro atoms. The van der Waals surface area contributed by atoms with Crippen LogP contribution < -0.4 is 4.90 Å². The number of aromatic nitrogens is 2. The van der Waals surface area contributed by atoms with Gasteiger partial charge in [0.25, 0.3) is 0 Å². The third-order valence-corrected chi connectivity index (χ3v) is 1.91. The van der Waals surface area contributed by atoms with Gasteiger partial charge in [0.1, 0.15) is 0 Å². The standard InChI is InChI=1S/C9H8N2O2/c1-7-4-2-3-5-8(7)9-6-10-13-11(9)12/h2-6H,1H3. The highest BCUT2D eigenvalue weighted by Crippen LogP contribution is 2.18. The summed E-state index contributed by atoms with van der Waals surface area (Å²) in [6, 6.07) is 7.58. The van der Waals surface area contributed by atoms with Crippen molar-refractivity contribution in [3.05, 3.63) is 41.2 Å². The average Bonchev–Trinajstić information content (AvgIpc) is 2.52. The first-order valence-electron chi connectivity index (χ1n) is 3.90. The van der Waals surface area contributed by atoms with Gasteiger partial charge in [-0.15, -0.1) is 0 Å². The molecular weight excluding hydrogens is 168 g/mol. The van der Waals surface area contributed by atoms with Crippen LogP contribution in [0.15, 0.2) is 35.1 Å². The molecule has 0 amide bonds. The van der Waals surface area contributed by atoms with Crippen LogP contribution in [0.25, 0.3) is 11.3 Å². The zero-order valence-corrected chi connectivity index (χ0v) is 7.10. The van der Waals surface area contributed by atoms with Gasteiger partial charge in [0.05, 0.1) is 0 Å². The van der Waals surface area contributed by atoms with E-state index in [4.69, 9.17) is 0 Å². The van der Waals surface area contributed by atoms with Crippen LogP contribution in [0.5, 0.6) is 0 Å². The fourth-order valence-corrected chi connectivity index (χ4v) is 1.24. The lowest BCUT2D eigenvalue weighted by atomic mass is 10.1. The molecule has 1 aromatic carbocycles. The molecule has 0 bridgehead atoms. The van der Waals surface area contributed by atoms with Gasteiger partial charge in [-0.25, -0.2) is 0 Å². The Kier molecular flexibility index (Phi) is 1.73. The van der Waals surface area contributed by atoms with E-state index in [-0.39, 0.29) is 0 Å². The Morgan fingerprint density at radius 3 is 2.77 bits per heavy atom. The van der Waals surface area contributed by atoms with Gasteiger partial charge in [-0.05, 0) is 17.4 Å². The van der Waals surface area contributed by atoms with Crippen molar-refractivity contribution in [2.75, 3.05) is 0 Å². The number of benzene rings is 1. The fraction of sp³-hybridized carbons (Fsp3) is 0.111. The van der Waals surface area contributed by atoms with Crippen molar-refractivity contribution in [3.8, 4) is 11.3 Å². The van der Waals surface area contributed by atoms with E-state index < -0.39 is 0 Å². The summed E-state index contributed by atoms with van der Waals surface area (Å²) in [6.45, 7) is 1.93. The van der Waals surface area contributed by atoms with Crippen molar-refractivity contribution >= 4 is 0 Å². The van der Waals surface area contributed by atoms with E-state index in [1.807, 2.05) is 31.2 Å². The molecule has 0 unspecified atom stereocenters. The maximum absolute atomic E-state index is 11.1. The van der Waals surface area contributed by atoms with E-state index in [0.29, 0.717) is 10.6 Å². The largest absolute Gasteiger partial charge is 0.359 e. The predicted molar refractivity (Wildman–Crippen MR) is 45.6 cm³/mol. The highest BCUT2D eigenvalue weighted by atomic mass is 16.8. The third kappa shape index (κ3) is 1.26. The summed E-state index contributed by atoms with van der Waals surface area (Å²) in [5.74, 6) is 0. The molecule has 2 aromatic rings. The molecule has 0 aliphatic heterocycles. The van der Waals surface area contributed by atoms with Crippen LogP contribution in [0.3, 0.4) is 0 Å². The van der Waals surface area contributed by atoms with Gasteiger partial charge < -0.3 is 5.21 Å². The highest BCUT2D eigenvalue weighted by Gasteiger charge is 2.11. The lowest BCUT2D eigenvalue weighted by molar-refractivity contribution is -0.793. The molecule has 0 N–H and O–H groups in total. The van der Waals surface area contributed by atoms with Crippen LogP contribution in [0.4, 0.5) is 0 Å². The van der Waals surface area contributed by atoms with Crippen molar-refractivity contribution in [2.45, 2.75) is 6.92 Å². The van der Waals surface area contributed by atoms with Crippen molar-refractivity contribution in [1.29, 1.82) is 0 Å². The minimum atomic E-state index is 0.405. The molecule has 0 radical (unpaired) electrons. The Morgan fingerprint density at radius 1 is 1.38 bits per heavy atom. The van der Waals surface area contributed by atoms with Crippen LogP contribution in [0.1, 0.15) is 5.56 Å². The van der Waals surface area contributed by atoms with E-state index >= 15 is 0 Å². The minimum Gasteiger partial charge on any atom is -0.359 e. The summed E-state index contributed by atoms with van der Waals surface area (Å²) in [6.07, 6.45) is 1.41. The molecule has 0 saturated carbocycles. The Labute approximate surface area is 74.9 Å². The minimum absolute atomic E-state index is 0.405. The Balaban J connectivity index is 2.59. The van der Waals surface area contributed by atoms with Crippen molar-refractivity contribution in [1.82, 2.24) is 5.16 Å². The normalized spacial score (nSPS) is 10.2. The van der Waals surface area contributed by atoms with Crippen LogP contribution in [0, 0.1) is 12.1 Å². The van der Waals surface area contributed by atoms with E-state index in [9.17, 15) is 5.21 Å². The zero-order valence-electron chi connectivity index (χ0n) is 7.10.